The highest BCUT2D eigenvalue weighted by atomic mass is 16.5. The molecular formula is C19H15N3O4. The van der Waals surface area contributed by atoms with Gasteiger partial charge in [0.15, 0.2) is 5.82 Å². The normalized spacial score (nSPS) is 15.9. The Labute approximate surface area is 149 Å². The van der Waals surface area contributed by atoms with Crippen LogP contribution in [0.15, 0.2) is 53.1 Å². The Bertz CT molecular complexity index is 981. The average Bonchev–Trinajstić information content (AvgIpc) is 3.06. The summed E-state index contributed by atoms with van der Waals surface area (Å²) in [6, 6.07) is 14.4. The Morgan fingerprint density at radius 3 is 2.73 bits per heavy atom. The highest BCUT2D eigenvalue weighted by Gasteiger charge is 2.28. The van der Waals surface area contributed by atoms with Crippen LogP contribution in [0.4, 0.5) is 6.01 Å². The lowest BCUT2D eigenvalue weighted by Crippen LogP contribution is -2.23. The minimum atomic E-state index is -0.389. The van der Waals surface area contributed by atoms with Gasteiger partial charge in [-0.3, -0.25) is 10.1 Å². The molecule has 7 heteroatoms. The van der Waals surface area contributed by atoms with Gasteiger partial charge in [0.25, 0.3) is 5.91 Å². The zero-order chi connectivity index (χ0) is 18.1. The van der Waals surface area contributed by atoms with E-state index in [1.165, 1.54) is 0 Å². The molecule has 26 heavy (non-hydrogen) atoms. The van der Waals surface area contributed by atoms with Gasteiger partial charge in [-0.05, 0) is 36.2 Å². The molecule has 1 aliphatic rings. The number of amides is 1. The van der Waals surface area contributed by atoms with Gasteiger partial charge in [-0.2, -0.15) is 4.98 Å². The number of aromatic nitrogens is 2. The smallest absolute Gasteiger partial charge is 0.339 e. The number of carbonyl (C=O) groups excluding carboxylic acids is 2. The predicted octanol–water partition coefficient (Wildman–Crippen LogP) is 3.08. The summed E-state index contributed by atoms with van der Waals surface area (Å²) in [5.41, 5.74) is 2.57. The third-order valence-electron chi connectivity index (χ3n) is 4.16. The molecule has 130 valence electrons. The number of esters is 1. The maximum absolute atomic E-state index is 12.4. The van der Waals surface area contributed by atoms with Crippen molar-refractivity contribution in [1.29, 1.82) is 0 Å². The molecule has 1 aliphatic heterocycles. The van der Waals surface area contributed by atoms with E-state index < -0.39 is 0 Å². The fraction of sp³-hybridized carbons (Fsp3) is 0.158. The van der Waals surface area contributed by atoms with Crippen molar-refractivity contribution in [3.8, 4) is 0 Å². The summed E-state index contributed by atoms with van der Waals surface area (Å²) in [7, 11) is 0. The largest absolute Gasteiger partial charge is 0.454 e. The molecule has 1 aromatic heterocycles. The second-order valence-electron chi connectivity index (χ2n) is 5.98. The lowest BCUT2D eigenvalue weighted by Gasteiger charge is -2.25. The fourth-order valence-electron chi connectivity index (χ4n) is 2.91. The summed E-state index contributed by atoms with van der Waals surface area (Å²) in [5.74, 6) is -0.342. The van der Waals surface area contributed by atoms with Gasteiger partial charge in [-0.25, -0.2) is 4.79 Å². The predicted molar refractivity (Wildman–Crippen MR) is 91.7 cm³/mol. The number of ether oxygens (including phenoxy) is 1. The number of hydrogen-bond donors (Lipinski definition) is 1. The Balaban J connectivity index is 1.59. The standard InChI is InChI=1S/C19H15N3O4/c1-11-20-19(26-22-11)21-17(23)13-7-8-15-14(9-13)10-16(25-18(15)24)12-5-3-2-4-6-12/h2-9,16H,10H2,1H3,(H,20,21,22,23)/t16-/m1/s1. The van der Waals surface area contributed by atoms with Crippen LogP contribution in [0.3, 0.4) is 0 Å². The number of hydrogen-bond acceptors (Lipinski definition) is 6. The highest BCUT2D eigenvalue weighted by Crippen LogP contribution is 2.31. The minimum Gasteiger partial charge on any atom is -0.454 e. The topological polar surface area (TPSA) is 94.3 Å². The maximum atomic E-state index is 12.4. The summed E-state index contributed by atoms with van der Waals surface area (Å²) in [6.07, 6.45) is 0.138. The van der Waals surface area contributed by atoms with Gasteiger partial charge < -0.3 is 9.26 Å². The molecule has 3 aromatic rings. The zero-order valence-electron chi connectivity index (χ0n) is 13.9. The van der Waals surface area contributed by atoms with Crippen LogP contribution in [0.1, 0.15) is 43.8 Å². The van der Waals surface area contributed by atoms with Crippen LogP contribution in [0, 0.1) is 6.92 Å². The minimum absolute atomic E-state index is 0.0341. The Kier molecular flexibility index (Phi) is 3.96. The summed E-state index contributed by atoms with van der Waals surface area (Å²) in [4.78, 5) is 28.6. The van der Waals surface area contributed by atoms with Crippen LogP contribution < -0.4 is 5.32 Å². The number of aryl methyl sites for hydroxylation is 1. The van der Waals surface area contributed by atoms with Crippen LogP contribution in [-0.2, 0) is 11.2 Å². The molecule has 2 heterocycles. The number of nitrogens with one attached hydrogen (secondary N) is 1. The quantitative estimate of drug-likeness (QED) is 0.730. The zero-order valence-corrected chi connectivity index (χ0v) is 13.9. The molecule has 0 aliphatic carbocycles. The van der Waals surface area contributed by atoms with Gasteiger partial charge in [-0.1, -0.05) is 35.5 Å². The number of rotatable bonds is 3. The first kappa shape index (κ1) is 16.0. The molecule has 1 atom stereocenters. The van der Waals surface area contributed by atoms with E-state index in [0.29, 0.717) is 23.4 Å². The van der Waals surface area contributed by atoms with E-state index in [4.69, 9.17) is 9.26 Å². The van der Waals surface area contributed by atoms with Gasteiger partial charge >= 0.3 is 12.0 Å². The molecule has 1 N–H and O–H groups in total. The number of nitrogens with zero attached hydrogens (tertiary/aromatic N) is 2. The van der Waals surface area contributed by atoms with Crippen LogP contribution >= 0.6 is 0 Å². The Hall–Kier alpha value is -3.48. The van der Waals surface area contributed by atoms with E-state index in [2.05, 4.69) is 15.5 Å². The molecule has 0 saturated carbocycles. The van der Waals surface area contributed by atoms with Crippen molar-refractivity contribution in [2.75, 3.05) is 5.32 Å². The van der Waals surface area contributed by atoms with Crippen LogP contribution in [0.5, 0.6) is 0 Å². The SMILES string of the molecule is Cc1noc(NC(=O)c2ccc3c(c2)C[C@H](c2ccccc2)OC3=O)n1. The number of anilines is 1. The molecule has 2 aromatic carbocycles. The fourth-order valence-corrected chi connectivity index (χ4v) is 2.91. The number of carbonyl (C=O) groups is 2. The first-order valence-electron chi connectivity index (χ1n) is 8.10. The second-order valence-corrected chi connectivity index (χ2v) is 5.98. The van der Waals surface area contributed by atoms with Crippen molar-refractivity contribution in [2.24, 2.45) is 0 Å². The molecule has 4 rings (SSSR count). The summed E-state index contributed by atoms with van der Waals surface area (Å²) >= 11 is 0. The van der Waals surface area contributed by atoms with Gasteiger partial charge in [0, 0.05) is 12.0 Å². The molecule has 0 fully saturated rings. The van der Waals surface area contributed by atoms with E-state index >= 15 is 0 Å². The van der Waals surface area contributed by atoms with E-state index in [-0.39, 0.29) is 24.0 Å². The van der Waals surface area contributed by atoms with Crippen molar-refractivity contribution in [1.82, 2.24) is 10.1 Å². The number of cyclic esters (lactones) is 1. The Morgan fingerprint density at radius 2 is 2.00 bits per heavy atom. The molecular weight excluding hydrogens is 334 g/mol. The van der Waals surface area contributed by atoms with Gasteiger partial charge in [0.1, 0.15) is 6.10 Å². The van der Waals surface area contributed by atoms with E-state index in [9.17, 15) is 9.59 Å². The molecule has 1 amide bonds. The molecule has 0 unspecified atom stereocenters. The summed E-state index contributed by atoms with van der Waals surface area (Å²) in [6.45, 7) is 1.66. The molecule has 0 bridgehead atoms. The first-order valence-corrected chi connectivity index (χ1v) is 8.10. The highest BCUT2D eigenvalue weighted by molar-refractivity contribution is 6.04. The third-order valence-corrected chi connectivity index (χ3v) is 4.16. The molecule has 0 spiro atoms. The van der Waals surface area contributed by atoms with Crippen molar-refractivity contribution in [3.63, 3.8) is 0 Å². The molecule has 7 nitrogen and oxygen atoms in total. The van der Waals surface area contributed by atoms with Gasteiger partial charge in [0.05, 0.1) is 5.56 Å². The van der Waals surface area contributed by atoms with E-state index in [1.54, 1.807) is 25.1 Å². The summed E-state index contributed by atoms with van der Waals surface area (Å²) in [5, 5.41) is 6.17. The lowest BCUT2D eigenvalue weighted by molar-refractivity contribution is 0.0252. The van der Waals surface area contributed by atoms with Crippen molar-refractivity contribution in [3.05, 3.63) is 76.6 Å². The van der Waals surface area contributed by atoms with Crippen molar-refractivity contribution in [2.45, 2.75) is 19.4 Å². The first-order chi connectivity index (χ1) is 12.6. The second kappa shape index (κ2) is 6.44. The number of fused-ring (bicyclic) bond motifs is 1. The van der Waals surface area contributed by atoms with Gasteiger partial charge in [0.2, 0.25) is 0 Å². The maximum Gasteiger partial charge on any atom is 0.339 e. The average molecular weight is 349 g/mol. The molecule has 0 saturated heterocycles. The van der Waals surface area contributed by atoms with E-state index in [1.807, 2.05) is 30.3 Å². The van der Waals surface area contributed by atoms with Crippen LogP contribution in [0.2, 0.25) is 0 Å². The van der Waals surface area contributed by atoms with E-state index in [0.717, 1.165) is 11.1 Å². The number of benzene rings is 2. The van der Waals surface area contributed by atoms with Crippen LogP contribution in [-0.4, -0.2) is 22.0 Å². The lowest BCUT2D eigenvalue weighted by atomic mass is 9.93. The van der Waals surface area contributed by atoms with Crippen molar-refractivity contribution < 1.29 is 18.8 Å². The monoisotopic (exact) mass is 349 g/mol. The summed E-state index contributed by atoms with van der Waals surface area (Å²) < 4.78 is 10.4. The van der Waals surface area contributed by atoms with Gasteiger partial charge in [-0.15, -0.1) is 0 Å². The Morgan fingerprint density at radius 1 is 1.19 bits per heavy atom. The van der Waals surface area contributed by atoms with Crippen LogP contribution in [0.25, 0.3) is 0 Å². The molecule has 0 radical (unpaired) electrons. The van der Waals surface area contributed by atoms with Crippen molar-refractivity contribution >= 4 is 17.9 Å². The third kappa shape index (κ3) is 3.06.